The second kappa shape index (κ2) is 13.5. The molecule has 0 spiro atoms. The Morgan fingerprint density at radius 1 is 1.12 bits per heavy atom. The van der Waals surface area contributed by atoms with Crippen molar-refractivity contribution in [3.63, 3.8) is 0 Å². The van der Waals surface area contributed by atoms with Crippen LogP contribution in [0.3, 0.4) is 0 Å². The summed E-state index contributed by atoms with van der Waals surface area (Å²) in [5, 5.41) is 9.79. The Kier molecular flexibility index (Phi) is 10.1. The van der Waals surface area contributed by atoms with E-state index in [2.05, 4.69) is 10.2 Å². The van der Waals surface area contributed by atoms with Gasteiger partial charge in [0.25, 0.3) is 5.91 Å². The molecule has 2 aromatic rings. The number of nitrogens with one attached hydrogen (secondary N) is 1. The van der Waals surface area contributed by atoms with Gasteiger partial charge >= 0.3 is 6.03 Å². The van der Waals surface area contributed by atoms with Crippen molar-refractivity contribution in [1.29, 1.82) is 0 Å². The topological polar surface area (TPSA) is 95.9 Å². The number of benzene rings is 2. The van der Waals surface area contributed by atoms with Gasteiger partial charge in [-0.1, -0.05) is 29.8 Å². The van der Waals surface area contributed by atoms with Crippen LogP contribution in [0, 0.1) is 0 Å². The molecule has 0 bridgehead atoms. The maximum absolute atomic E-state index is 14.0. The highest BCUT2D eigenvalue weighted by atomic mass is 35.5. The minimum absolute atomic E-state index is 0.145. The van der Waals surface area contributed by atoms with Gasteiger partial charge in [-0.25, -0.2) is 9.80 Å². The highest BCUT2D eigenvalue weighted by Gasteiger charge is 2.37. The fourth-order valence-electron chi connectivity index (χ4n) is 4.92. The Bertz CT molecular complexity index is 1260. The van der Waals surface area contributed by atoms with Crippen LogP contribution in [0.25, 0.3) is 0 Å². The number of amides is 3. The van der Waals surface area contributed by atoms with Crippen molar-refractivity contribution >= 4 is 29.3 Å². The van der Waals surface area contributed by atoms with E-state index >= 15 is 0 Å². The number of hydrogen-bond acceptors (Lipinski definition) is 7. The van der Waals surface area contributed by atoms with Crippen molar-refractivity contribution in [3.8, 4) is 11.5 Å². The number of hydrogen-bond donors (Lipinski definition) is 1. The third-order valence-corrected chi connectivity index (χ3v) is 7.36. The Hall–Kier alpha value is -3.34. The van der Waals surface area contributed by atoms with Crippen molar-refractivity contribution in [2.24, 2.45) is 5.10 Å². The van der Waals surface area contributed by atoms with E-state index < -0.39 is 11.6 Å². The fourth-order valence-corrected chi connectivity index (χ4v) is 5.16. The fraction of sp³-hybridized carbons (Fsp3) is 0.500. The molecule has 1 fully saturated rings. The number of nitrogens with zero attached hydrogens (tertiary/aromatic N) is 4. The summed E-state index contributed by atoms with van der Waals surface area (Å²) in [6, 6.07) is 12.1. The van der Waals surface area contributed by atoms with Crippen LogP contribution in [-0.2, 0) is 9.53 Å². The minimum Gasteiger partial charge on any atom is -0.497 e. The van der Waals surface area contributed by atoms with Crippen molar-refractivity contribution in [1.82, 2.24) is 20.1 Å². The lowest BCUT2D eigenvalue weighted by Gasteiger charge is -2.33. The second-order valence-electron chi connectivity index (χ2n) is 11.1. The van der Waals surface area contributed by atoms with E-state index in [1.54, 1.807) is 25.2 Å². The summed E-state index contributed by atoms with van der Waals surface area (Å²) in [5.74, 6) is 0.933. The molecule has 10 nitrogen and oxygen atoms in total. The molecule has 4 rings (SSSR count). The molecule has 2 aliphatic heterocycles. The summed E-state index contributed by atoms with van der Waals surface area (Å²) in [5.41, 5.74) is 1.73. The molecule has 41 heavy (non-hydrogen) atoms. The van der Waals surface area contributed by atoms with Crippen LogP contribution in [-0.4, -0.2) is 98.2 Å². The quantitative estimate of drug-likeness (QED) is 0.474. The third-order valence-electron chi connectivity index (χ3n) is 7.03. The van der Waals surface area contributed by atoms with Crippen molar-refractivity contribution < 1.29 is 23.8 Å². The van der Waals surface area contributed by atoms with Gasteiger partial charge in [-0.15, -0.1) is 0 Å². The first-order valence-corrected chi connectivity index (χ1v) is 14.2. The third kappa shape index (κ3) is 7.90. The molecule has 2 aromatic carbocycles. The SMILES string of the molecule is COc1ccc(OC)c(C2CC(c3ccccc3Cl)=NN2C(=O)CN(CCN2CCOCC2)C(=O)NC(C)(C)C)c1. The zero-order valence-electron chi connectivity index (χ0n) is 24.5. The van der Waals surface area contributed by atoms with Crippen LogP contribution < -0.4 is 14.8 Å². The van der Waals surface area contributed by atoms with Crippen molar-refractivity contribution in [2.75, 3.05) is 60.2 Å². The number of halogens is 1. The smallest absolute Gasteiger partial charge is 0.318 e. The summed E-state index contributed by atoms with van der Waals surface area (Å²) >= 11 is 6.53. The van der Waals surface area contributed by atoms with E-state index in [0.29, 0.717) is 55.0 Å². The number of carbonyl (C=O) groups excluding carboxylic acids is 2. The summed E-state index contributed by atoms with van der Waals surface area (Å²) in [4.78, 5) is 31.2. The standard InChI is InChI=1S/C30H40ClN5O5/c1-30(2,3)32-29(38)35(13-12-34-14-16-41-17-15-34)20-28(37)36-26(23-18-21(39-4)10-11-27(23)40-5)19-25(33-36)22-8-6-7-9-24(22)31/h6-11,18,26H,12-17,19-20H2,1-5H3,(H,32,38). The van der Waals surface area contributed by atoms with Crippen molar-refractivity contribution in [2.45, 2.75) is 38.8 Å². The van der Waals surface area contributed by atoms with E-state index in [-0.39, 0.29) is 18.5 Å². The van der Waals surface area contributed by atoms with Crippen LogP contribution in [0.15, 0.2) is 47.6 Å². The highest BCUT2D eigenvalue weighted by Crippen LogP contribution is 2.40. The minimum atomic E-state index is -0.481. The molecular weight excluding hydrogens is 546 g/mol. The molecule has 0 radical (unpaired) electrons. The molecule has 0 saturated carbocycles. The van der Waals surface area contributed by atoms with Gasteiger partial charge in [0, 0.05) is 54.3 Å². The lowest BCUT2D eigenvalue weighted by Crippen LogP contribution is -2.53. The molecule has 2 heterocycles. The van der Waals surface area contributed by atoms with Gasteiger partial charge in [0.15, 0.2) is 0 Å². The number of ether oxygens (including phenoxy) is 3. The lowest BCUT2D eigenvalue weighted by atomic mass is 9.97. The monoisotopic (exact) mass is 585 g/mol. The zero-order chi connectivity index (χ0) is 29.6. The van der Waals surface area contributed by atoms with Gasteiger partial charge in [-0.3, -0.25) is 9.69 Å². The number of methoxy groups -OCH3 is 2. The number of hydrazone groups is 1. The molecule has 1 N–H and O–H groups in total. The first-order chi connectivity index (χ1) is 19.6. The first kappa shape index (κ1) is 30.6. The summed E-state index contributed by atoms with van der Waals surface area (Å²) < 4.78 is 16.6. The molecule has 1 atom stereocenters. The molecule has 1 unspecified atom stereocenters. The molecule has 0 aliphatic carbocycles. The number of morpholine rings is 1. The van der Waals surface area contributed by atoms with Crippen molar-refractivity contribution in [3.05, 3.63) is 58.6 Å². The Balaban J connectivity index is 1.65. The van der Waals surface area contributed by atoms with Gasteiger partial charge in [-0.2, -0.15) is 5.10 Å². The number of urea groups is 1. The maximum Gasteiger partial charge on any atom is 0.318 e. The lowest BCUT2D eigenvalue weighted by molar-refractivity contribution is -0.133. The summed E-state index contributed by atoms with van der Waals surface area (Å²) in [7, 11) is 3.18. The number of carbonyl (C=O) groups is 2. The first-order valence-electron chi connectivity index (χ1n) is 13.8. The molecular formula is C30H40ClN5O5. The summed E-state index contributed by atoms with van der Waals surface area (Å²) in [6.07, 6.45) is 0.418. The Morgan fingerprint density at radius 3 is 2.51 bits per heavy atom. The molecule has 1 saturated heterocycles. The average molecular weight is 586 g/mol. The zero-order valence-corrected chi connectivity index (χ0v) is 25.2. The van der Waals surface area contributed by atoms with E-state index in [0.717, 1.165) is 24.2 Å². The van der Waals surface area contributed by atoms with Crippen LogP contribution in [0.4, 0.5) is 4.79 Å². The van der Waals surface area contributed by atoms with E-state index in [1.807, 2.05) is 57.2 Å². The maximum atomic E-state index is 14.0. The second-order valence-corrected chi connectivity index (χ2v) is 11.6. The number of rotatable bonds is 9. The van der Waals surface area contributed by atoms with Gasteiger partial charge in [-0.05, 0) is 45.0 Å². The predicted molar refractivity (Wildman–Crippen MR) is 159 cm³/mol. The average Bonchev–Trinajstić information content (AvgIpc) is 3.40. The molecule has 0 aromatic heterocycles. The predicted octanol–water partition coefficient (Wildman–Crippen LogP) is 4.18. The Labute approximate surface area is 247 Å². The largest absolute Gasteiger partial charge is 0.497 e. The Morgan fingerprint density at radius 2 is 1.85 bits per heavy atom. The summed E-state index contributed by atoms with van der Waals surface area (Å²) in [6.45, 7) is 9.51. The highest BCUT2D eigenvalue weighted by molar-refractivity contribution is 6.34. The van der Waals surface area contributed by atoms with Gasteiger partial charge in [0.1, 0.15) is 18.0 Å². The molecule has 222 valence electrons. The normalized spacial score (nSPS) is 17.7. The van der Waals surface area contributed by atoms with E-state index in [4.69, 9.17) is 30.9 Å². The molecule has 2 aliphatic rings. The molecule has 11 heteroatoms. The van der Waals surface area contributed by atoms with E-state index in [9.17, 15) is 9.59 Å². The van der Waals surface area contributed by atoms with Crippen LogP contribution in [0.1, 0.15) is 44.4 Å². The van der Waals surface area contributed by atoms with Crippen LogP contribution in [0.5, 0.6) is 11.5 Å². The van der Waals surface area contributed by atoms with Gasteiger partial charge < -0.3 is 24.4 Å². The molecule has 3 amide bonds. The van der Waals surface area contributed by atoms with Gasteiger partial charge in [0.05, 0.1) is 39.2 Å². The van der Waals surface area contributed by atoms with Crippen LogP contribution in [0.2, 0.25) is 5.02 Å². The van der Waals surface area contributed by atoms with Crippen LogP contribution >= 0.6 is 11.6 Å². The van der Waals surface area contributed by atoms with Gasteiger partial charge in [0.2, 0.25) is 0 Å². The van der Waals surface area contributed by atoms with E-state index in [1.165, 1.54) is 5.01 Å².